The maximum atomic E-state index is 11.9. The monoisotopic (exact) mass is 283 g/mol. The van der Waals surface area contributed by atoms with Crippen molar-refractivity contribution in [3.63, 3.8) is 0 Å². The van der Waals surface area contributed by atoms with Gasteiger partial charge in [-0.3, -0.25) is 9.59 Å². The lowest BCUT2D eigenvalue weighted by Gasteiger charge is -2.32. The summed E-state index contributed by atoms with van der Waals surface area (Å²) in [6.45, 7) is 3.45. The first-order valence-corrected chi connectivity index (χ1v) is 6.45. The van der Waals surface area contributed by atoms with E-state index in [2.05, 4.69) is 5.32 Å². The van der Waals surface area contributed by atoms with Crippen LogP contribution in [0.15, 0.2) is 30.3 Å². The van der Waals surface area contributed by atoms with E-state index < -0.39 is 17.4 Å². The molecule has 0 saturated heterocycles. The lowest BCUT2D eigenvalue weighted by Crippen LogP contribution is -2.43. The van der Waals surface area contributed by atoms with E-state index in [9.17, 15) is 9.59 Å². The number of hydrogen-bond donors (Lipinski definition) is 1. The summed E-state index contributed by atoms with van der Waals surface area (Å²) in [5, 5.41) is 2.77. The topological polar surface area (TPSA) is 55.4 Å². The molecular weight excluding hydrogens is 266 g/mol. The number of hydrogen-bond acceptors (Lipinski definition) is 3. The molecule has 0 bridgehead atoms. The molecule has 1 aromatic carbocycles. The van der Waals surface area contributed by atoms with Crippen LogP contribution >= 0.6 is 11.6 Å². The molecule has 0 aliphatic carbocycles. The molecule has 1 amide bonds. The number of carbonyl (C=O) groups is 2. The third-order valence-corrected chi connectivity index (χ3v) is 3.24. The summed E-state index contributed by atoms with van der Waals surface area (Å²) in [7, 11) is 1.33. The summed E-state index contributed by atoms with van der Waals surface area (Å²) in [4.78, 5) is 23.5. The number of amides is 1. The first kappa shape index (κ1) is 15.5. The summed E-state index contributed by atoms with van der Waals surface area (Å²) < 4.78 is 4.81. The van der Waals surface area contributed by atoms with Gasteiger partial charge in [-0.1, -0.05) is 30.3 Å². The molecule has 1 aromatic rings. The van der Waals surface area contributed by atoms with Gasteiger partial charge < -0.3 is 10.1 Å². The second-order valence-electron chi connectivity index (χ2n) is 4.76. The molecule has 0 spiro atoms. The van der Waals surface area contributed by atoms with E-state index in [1.165, 1.54) is 7.11 Å². The predicted octanol–water partition coefficient (Wildman–Crippen LogP) is 2.28. The van der Waals surface area contributed by atoms with Crippen LogP contribution in [-0.2, 0) is 14.3 Å². The zero-order chi connectivity index (χ0) is 14.5. The van der Waals surface area contributed by atoms with E-state index in [1.54, 1.807) is 13.8 Å². The molecule has 0 aliphatic rings. The number of nitrogens with one attached hydrogen (secondary N) is 1. The number of ether oxygens (including phenoxy) is 1. The minimum absolute atomic E-state index is 0.152. The van der Waals surface area contributed by atoms with Gasteiger partial charge in [-0.2, -0.15) is 0 Å². The van der Waals surface area contributed by atoms with Gasteiger partial charge in [0.1, 0.15) is 5.88 Å². The van der Waals surface area contributed by atoms with Gasteiger partial charge in [-0.25, -0.2) is 0 Å². The fourth-order valence-corrected chi connectivity index (χ4v) is 1.98. The van der Waals surface area contributed by atoms with Gasteiger partial charge in [0.05, 0.1) is 18.6 Å². The van der Waals surface area contributed by atoms with Gasteiger partial charge in [0.15, 0.2) is 0 Å². The van der Waals surface area contributed by atoms with Gasteiger partial charge in [0, 0.05) is 0 Å². The van der Waals surface area contributed by atoms with Gasteiger partial charge >= 0.3 is 5.97 Å². The molecule has 1 rings (SSSR count). The van der Waals surface area contributed by atoms with Crippen LogP contribution in [0.4, 0.5) is 0 Å². The van der Waals surface area contributed by atoms with E-state index in [4.69, 9.17) is 16.3 Å². The van der Waals surface area contributed by atoms with Crippen molar-refractivity contribution in [1.82, 2.24) is 5.32 Å². The van der Waals surface area contributed by atoms with Crippen LogP contribution in [0.25, 0.3) is 0 Å². The second-order valence-corrected chi connectivity index (χ2v) is 5.03. The lowest BCUT2D eigenvalue weighted by atomic mass is 9.80. The minimum atomic E-state index is -0.891. The van der Waals surface area contributed by atoms with Crippen molar-refractivity contribution < 1.29 is 14.3 Å². The molecule has 0 aliphatic heterocycles. The molecule has 0 aromatic heterocycles. The van der Waals surface area contributed by atoms with Crippen molar-refractivity contribution in [2.45, 2.75) is 19.9 Å². The standard InChI is InChI=1S/C14H18ClNO3/c1-14(2,13(18)19-3)12(16-11(17)9-15)10-7-5-4-6-8-10/h4-8,12H,9H2,1-3H3,(H,16,17). The molecule has 0 fully saturated rings. The maximum Gasteiger partial charge on any atom is 0.313 e. The molecule has 1 unspecified atom stereocenters. The first-order chi connectivity index (χ1) is 8.93. The number of rotatable bonds is 5. The van der Waals surface area contributed by atoms with Crippen LogP contribution in [0, 0.1) is 5.41 Å². The zero-order valence-corrected chi connectivity index (χ0v) is 12.0. The van der Waals surface area contributed by atoms with E-state index in [0.717, 1.165) is 5.56 Å². The average molecular weight is 284 g/mol. The van der Waals surface area contributed by atoms with Crippen LogP contribution in [-0.4, -0.2) is 24.9 Å². The summed E-state index contributed by atoms with van der Waals surface area (Å²) in [6.07, 6.45) is 0. The fourth-order valence-electron chi connectivity index (χ4n) is 1.91. The Hall–Kier alpha value is -1.55. The Morgan fingerprint density at radius 2 is 1.89 bits per heavy atom. The Morgan fingerprint density at radius 1 is 1.32 bits per heavy atom. The smallest absolute Gasteiger partial charge is 0.313 e. The van der Waals surface area contributed by atoms with Crippen molar-refractivity contribution >= 4 is 23.5 Å². The number of alkyl halides is 1. The maximum absolute atomic E-state index is 11.9. The van der Waals surface area contributed by atoms with E-state index >= 15 is 0 Å². The number of methoxy groups -OCH3 is 1. The summed E-state index contributed by atoms with van der Waals surface area (Å²) in [5.41, 5.74) is -0.0611. The molecular formula is C14H18ClNO3. The van der Waals surface area contributed by atoms with E-state index in [-0.39, 0.29) is 11.8 Å². The highest BCUT2D eigenvalue weighted by molar-refractivity contribution is 6.27. The quantitative estimate of drug-likeness (QED) is 0.666. The van der Waals surface area contributed by atoms with Crippen LogP contribution in [0.5, 0.6) is 0 Å². The predicted molar refractivity (Wildman–Crippen MR) is 73.8 cm³/mol. The van der Waals surface area contributed by atoms with Gasteiger partial charge in [0.25, 0.3) is 0 Å². The van der Waals surface area contributed by atoms with Crippen molar-refractivity contribution in [3.05, 3.63) is 35.9 Å². The van der Waals surface area contributed by atoms with Crippen molar-refractivity contribution in [1.29, 1.82) is 0 Å². The summed E-state index contributed by atoms with van der Waals surface area (Å²) >= 11 is 5.52. The largest absolute Gasteiger partial charge is 0.469 e. The molecule has 19 heavy (non-hydrogen) atoms. The van der Waals surface area contributed by atoms with E-state index in [1.807, 2.05) is 30.3 Å². The highest BCUT2D eigenvalue weighted by Gasteiger charge is 2.39. The molecule has 4 nitrogen and oxygen atoms in total. The van der Waals surface area contributed by atoms with E-state index in [0.29, 0.717) is 0 Å². The molecule has 104 valence electrons. The van der Waals surface area contributed by atoms with Crippen molar-refractivity contribution in [2.24, 2.45) is 5.41 Å². The number of carbonyl (C=O) groups excluding carboxylic acids is 2. The zero-order valence-electron chi connectivity index (χ0n) is 11.3. The molecule has 0 heterocycles. The molecule has 1 atom stereocenters. The average Bonchev–Trinajstić information content (AvgIpc) is 2.44. The van der Waals surface area contributed by atoms with Crippen molar-refractivity contribution in [2.75, 3.05) is 13.0 Å². The van der Waals surface area contributed by atoms with Gasteiger partial charge in [0.2, 0.25) is 5.91 Å². The SMILES string of the molecule is COC(=O)C(C)(C)C(NC(=O)CCl)c1ccccc1. The summed E-state index contributed by atoms with van der Waals surface area (Å²) in [5.74, 6) is -0.871. The Bertz CT molecular complexity index is 445. The summed E-state index contributed by atoms with van der Waals surface area (Å²) in [6, 6.07) is 8.78. The highest BCUT2D eigenvalue weighted by Crippen LogP contribution is 2.34. The highest BCUT2D eigenvalue weighted by atomic mass is 35.5. The molecule has 0 radical (unpaired) electrons. The second kappa shape index (κ2) is 6.57. The Balaban J connectivity index is 3.12. The van der Waals surface area contributed by atoms with Crippen LogP contribution in [0.3, 0.4) is 0 Å². The molecule has 0 saturated carbocycles. The normalized spacial score (nSPS) is 12.6. The fraction of sp³-hybridized carbons (Fsp3) is 0.429. The van der Waals surface area contributed by atoms with Gasteiger partial charge in [-0.15, -0.1) is 11.6 Å². The number of halogens is 1. The first-order valence-electron chi connectivity index (χ1n) is 5.92. The number of benzene rings is 1. The van der Waals surface area contributed by atoms with Crippen LogP contribution < -0.4 is 5.32 Å². The Labute approximate surface area is 118 Å². The molecule has 5 heteroatoms. The number of esters is 1. The van der Waals surface area contributed by atoms with Crippen molar-refractivity contribution in [3.8, 4) is 0 Å². The Morgan fingerprint density at radius 3 is 2.37 bits per heavy atom. The van der Waals surface area contributed by atoms with Crippen LogP contribution in [0.1, 0.15) is 25.5 Å². The minimum Gasteiger partial charge on any atom is -0.469 e. The lowest BCUT2D eigenvalue weighted by molar-refractivity contribution is -0.153. The van der Waals surface area contributed by atoms with Crippen LogP contribution in [0.2, 0.25) is 0 Å². The third-order valence-electron chi connectivity index (χ3n) is 2.99. The molecule has 1 N–H and O–H groups in total. The third kappa shape index (κ3) is 3.70. The Kier molecular flexibility index (Phi) is 5.36. The van der Waals surface area contributed by atoms with Gasteiger partial charge in [-0.05, 0) is 19.4 Å².